The number of ether oxygens (including phenoxy) is 1. The fraction of sp³-hybridized carbons (Fsp3) is 0.300. The Labute approximate surface area is 163 Å². The first-order valence-corrected chi connectivity index (χ1v) is 10.7. The Bertz CT molecular complexity index is 940. The zero-order valence-corrected chi connectivity index (χ0v) is 16.0. The molecule has 3 rings (SSSR count). The number of sulfone groups is 1. The van der Waals surface area contributed by atoms with Crippen LogP contribution in [0.2, 0.25) is 0 Å². The molecule has 28 heavy (non-hydrogen) atoms. The van der Waals surface area contributed by atoms with E-state index >= 15 is 0 Å². The highest BCUT2D eigenvalue weighted by Gasteiger charge is 2.35. The fourth-order valence-corrected chi connectivity index (χ4v) is 4.87. The van der Waals surface area contributed by atoms with Crippen LogP contribution in [-0.2, 0) is 30.6 Å². The number of phenols is 1. The number of benzene rings is 2. The molecule has 1 aliphatic rings. The van der Waals surface area contributed by atoms with Gasteiger partial charge < -0.3 is 14.7 Å². The number of rotatable bonds is 6. The number of para-hydroxylation sites is 1. The second-order valence-electron chi connectivity index (χ2n) is 6.66. The Hall–Kier alpha value is -2.87. The summed E-state index contributed by atoms with van der Waals surface area (Å²) in [5.41, 5.74) is 1.22. The molecular formula is C20H21NO6S. The van der Waals surface area contributed by atoms with Crippen LogP contribution >= 0.6 is 0 Å². The van der Waals surface area contributed by atoms with Crippen LogP contribution in [0.4, 0.5) is 5.69 Å². The SMILES string of the molecule is O=C(Cc1ccc(O)cc1)OCC(=O)N(c1ccccc1)[C@@H]1CCS(=O)(=O)C1. The number of phenolic OH excluding ortho intramolecular Hbond substituents is 1. The third-order valence-corrected chi connectivity index (χ3v) is 6.27. The molecule has 0 radical (unpaired) electrons. The maximum Gasteiger partial charge on any atom is 0.310 e. The van der Waals surface area contributed by atoms with Gasteiger partial charge in [0.05, 0.1) is 24.0 Å². The summed E-state index contributed by atoms with van der Waals surface area (Å²) in [5, 5.41) is 9.27. The van der Waals surface area contributed by atoms with E-state index in [0.717, 1.165) is 0 Å². The molecule has 0 aliphatic carbocycles. The van der Waals surface area contributed by atoms with Crippen LogP contribution < -0.4 is 4.90 Å². The first kappa shape index (κ1) is 19.9. The van der Waals surface area contributed by atoms with Gasteiger partial charge in [-0.25, -0.2) is 8.42 Å². The van der Waals surface area contributed by atoms with E-state index in [1.54, 1.807) is 42.5 Å². The third-order valence-electron chi connectivity index (χ3n) is 4.52. The molecule has 1 heterocycles. The van der Waals surface area contributed by atoms with Crippen molar-refractivity contribution >= 4 is 27.4 Å². The van der Waals surface area contributed by atoms with Crippen molar-refractivity contribution in [2.75, 3.05) is 23.0 Å². The van der Waals surface area contributed by atoms with Crippen molar-refractivity contribution in [2.45, 2.75) is 18.9 Å². The maximum atomic E-state index is 12.8. The molecule has 1 saturated heterocycles. The van der Waals surface area contributed by atoms with Gasteiger partial charge in [-0.1, -0.05) is 30.3 Å². The molecule has 0 bridgehead atoms. The molecular weight excluding hydrogens is 382 g/mol. The molecule has 1 aliphatic heterocycles. The van der Waals surface area contributed by atoms with Crippen molar-refractivity contribution in [3.63, 3.8) is 0 Å². The standard InChI is InChI=1S/C20H21NO6S/c22-18-8-6-15(7-9-18)12-20(24)27-13-19(23)21(16-4-2-1-3-5-16)17-10-11-28(25,26)14-17/h1-9,17,22H,10-14H2/t17-/m1/s1. The van der Waals surface area contributed by atoms with Gasteiger partial charge in [0.25, 0.3) is 5.91 Å². The van der Waals surface area contributed by atoms with Crippen molar-refractivity contribution in [2.24, 2.45) is 0 Å². The molecule has 1 N–H and O–H groups in total. The van der Waals surface area contributed by atoms with Crippen molar-refractivity contribution in [3.8, 4) is 5.75 Å². The van der Waals surface area contributed by atoms with Crippen molar-refractivity contribution in [1.82, 2.24) is 0 Å². The van der Waals surface area contributed by atoms with Crippen molar-refractivity contribution in [3.05, 3.63) is 60.2 Å². The summed E-state index contributed by atoms with van der Waals surface area (Å²) in [6.45, 7) is -0.470. The minimum absolute atomic E-state index is 0.0310. The second-order valence-corrected chi connectivity index (χ2v) is 8.89. The highest BCUT2D eigenvalue weighted by atomic mass is 32.2. The Kier molecular flexibility index (Phi) is 5.99. The summed E-state index contributed by atoms with van der Waals surface area (Å²) < 4.78 is 28.8. The van der Waals surface area contributed by atoms with E-state index in [1.165, 1.54) is 17.0 Å². The zero-order valence-electron chi connectivity index (χ0n) is 15.2. The van der Waals surface area contributed by atoms with Gasteiger partial charge in [-0.2, -0.15) is 0 Å². The van der Waals surface area contributed by atoms with Gasteiger partial charge in [0.2, 0.25) is 0 Å². The Morgan fingerprint density at radius 2 is 1.75 bits per heavy atom. The summed E-state index contributed by atoms with van der Waals surface area (Å²) in [6.07, 6.45) is 0.321. The van der Waals surface area contributed by atoms with Crippen molar-refractivity contribution < 1.29 is 27.9 Å². The van der Waals surface area contributed by atoms with E-state index in [-0.39, 0.29) is 23.7 Å². The monoisotopic (exact) mass is 403 g/mol. The van der Waals surface area contributed by atoms with Crippen LogP contribution in [0, 0.1) is 0 Å². The van der Waals surface area contributed by atoms with Crippen LogP contribution in [0.25, 0.3) is 0 Å². The number of hydrogen-bond acceptors (Lipinski definition) is 6. The summed E-state index contributed by atoms with van der Waals surface area (Å²) in [7, 11) is -3.18. The smallest absolute Gasteiger partial charge is 0.310 e. The van der Waals surface area contributed by atoms with Crippen LogP contribution in [0.1, 0.15) is 12.0 Å². The summed E-state index contributed by atoms with van der Waals surface area (Å²) >= 11 is 0. The molecule has 0 spiro atoms. The highest BCUT2D eigenvalue weighted by molar-refractivity contribution is 7.91. The summed E-state index contributed by atoms with van der Waals surface area (Å²) in [4.78, 5) is 26.2. The zero-order chi connectivity index (χ0) is 20.1. The van der Waals surface area contributed by atoms with E-state index in [2.05, 4.69) is 0 Å². The van der Waals surface area contributed by atoms with Gasteiger partial charge in [0.15, 0.2) is 16.4 Å². The van der Waals surface area contributed by atoms with Gasteiger partial charge in [0, 0.05) is 5.69 Å². The van der Waals surface area contributed by atoms with E-state index in [9.17, 15) is 23.1 Å². The minimum Gasteiger partial charge on any atom is -0.508 e. The molecule has 1 atom stereocenters. The van der Waals surface area contributed by atoms with Gasteiger partial charge in [-0.05, 0) is 36.2 Å². The molecule has 1 amide bonds. The number of esters is 1. The van der Waals surface area contributed by atoms with Gasteiger partial charge in [0.1, 0.15) is 5.75 Å². The Balaban J connectivity index is 1.66. The van der Waals surface area contributed by atoms with Gasteiger partial charge in [-0.15, -0.1) is 0 Å². The molecule has 0 unspecified atom stereocenters. The lowest BCUT2D eigenvalue weighted by atomic mass is 10.1. The number of aromatic hydroxyl groups is 1. The van der Waals surface area contributed by atoms with E-state index in [1.807, 2.05) is 0 Å². The lowest BCUT2D eigenvalue weighted by Gasteiger charge is -2.28. The first-order chi connectivity index (χ1) is 13.3. The van der Waals surface area contributed by atoms with E-state index in [0.29, 0.717) is 17.7 Å². The Morgan fingerprint density at radius 1 is 1.07 bits per heavy atom. The molecule has 2 aromatic carbocycles. The lowest BCUT2D eigenvalue weighted by molar-refractivity contribution is -0.147. The number of nitrogens with zero attached hydrogens (tertiary/aromatic N) is 1. The molecule has 2 aromatic rings. The first-order valence-electron chi connectivity index (χ1n) is 8.85. The number of carbonyl (C=O) groups is 2. The molecule has 148 valence electrons. The number of amides is 1. The predicted molar refractivity (Wildman–Crippen MR) is 104 cm³/mol. The average molecular weight is 403 g/mol. The third kappa shape index (κ3) is 5.10. The van der Waals surface area contributed by atoms with Gasteiger partial charge in [-0.3, -0.25) is 9.59 Å². The number of anilines is 1. The van der Waals surface area contributed by atoms with Crippen LogP contribution in [0.15, 0.2) is 54.6 Å². The van der Waals surface area contributed by atoms with Crippen LogP contribution in [0.5, 0.6) is 5.75 Å². The minimum atomic E-state index is -3.18. The van der Waals surface area contributed by atoms with Crippen molar-refractivity contribution in [1.29, 1.82) is 0 Å². The average Bonchev–Trinajstić information content (AvgIpc) is 3.02. The maximum absolute atomic E-state index is 12.8. The fourth-order valence-electron chi connectivity index (χ4n) is 3.17. The molecule has 1 fully saturated rings. The summed E-state index contributed by atoms with van der Waals surface area (Å²) in [6, 6.07) is 14.4. The topological polar surface area (TPSA) is 101 Å². The second kappa shape index (κ2) is 8.43. The molecule has 8 heteroatoms. The Morgan fingerprint density at radius 3 is 2.36 bits per heavy atom. The normalized spacial score (nSPS) is 17.8. The predicted octanol–water partition coefficient (Wildman–Crippen LogP) is 1.70. The van der Waals surface area contributed by atoms with Crippen LogP contribution in [-0.4, -0.2) is 49.6 Å². The number of carbonyl (C=O) groups excluding carboxylic acids is 2. The largest absolute Gasteiger partial charge is 0.508 e. The number of hydrogen-bond donors (Lipinski definition) is 1. The van der Waals surface area contributed by atoms with Crippen LogP contribution in [0.3, 0.4) is 0 Å². The quantitative estimate of drug-likeness (QED) is 0.737. The summed E-state index contributed by atoms with van der Waals surface area (Å²) in [5.74, 6) is -1.01. The molecule has 7 nitrogen and oxygen atoms in total. The molecule has 0 saturated carbocycles. The highest BCUT2D eigenvalue weighted by Crippen LogP contribution is 2.24. The lowest BCUT2D eigenvalue weighted by Crippen LogP contribution is -2.43. The van der Waals surface area contributed by atoms with Gasteiger partial charge >= 0.3 is 5.97 Å². The van der Waals surface area contributed by atoms with E-state index < -0.39 is 34.4 Å². The molecule has 0 aromatic heterocycles. The van der Waals surface area contributed by atoms with E-state index in [4.69, 9.17) is 4.74 Å².